The molecular weight excluding hydrogens is 379 g/mol. The molecule has 2 N–H and O–H groups in total. The highest BCUT2D eigenvalue weighted by molar-refractivity contribution is 6.12. The lowest BCUT2D eigenvalue weighted by atomic mass is 10.0. The van der Waals surface area contributed by atoms with E-state index < -0.39 is 0 Å². The van der Waals surface area contributed by atoms with Gasteiger partial charge in [0.2, 0.25) is 7.98 Å². The fourth-order valence-corrected chi connectivity index (χ4v) is 4.11. The second kappa shape index (κ2) is 8.82. The van der Waals surface area contributed by atoms with Crippen molar-refractivity contribution < 1.29 is 0 Å². The molecule has 0 atom stereocenters. The zero-order chi connectivity index (χ0) is 22.0. The molecule has 1 aliphatic rings. The van der Waals surface area contributed by atoms with Crippen LogP contribution < -0.4 is 10.6 Å². The number of aromatic nitrogens is 1. The molecule has 3 aromatic rings. The number of anilines is 1. The van der Waals surface area contributed by atoms with Gasteiger partial charge >= 0.3 is 0 Å². The third-order valence-corrected chi connectivity index (χ3v) is 5.60. The Morgan fingerprint density at radius 2 is 1.84 bits per heavy atom. The highest BCUT2D eigenvalue weighted by atomic mass is 15.1. The van der Waals surface area contributed by atoms with E-state index in [9.17, 15) is 0 Å². The minimum Gasteiger partial charge on any atom is -0.403 e. The molecule has 0 unspecified atom stereocenters. The number of fused-ring (bicyclic) bond motifs is 1. The molecule has 1 aromatic heterocycles. The van der Waals surface area contributed by atoms with Gasteiger partial charge in [0.25, 0.3) is 0 Å². The van der Waals surface area contributed by atoms with Crippen molar-refractivity contribution in [3.8, 4) is 0 Å². The molecule has 31 heavy (non-hydrogen) atoms. The van der Waals surface area contributed by atoms with Crippen LogP contribution in [0.25, 0.3) is 22.4 Å². The van der Waals surface area contributed by atoms with Crippen LogP contribution in [0, 0.1) is 0 Å². The molecule has 0 spiro atoms. The molecule has 0 bridgehead atoms. The highest BCUT2D eigenvalue weighted by Gasteiger charge is 2.17. The zero-order valence-electron chi connectivity index (χ0n) is 18.3. The summed E-state index contributed by atoms with van der Waals surface area (Å²) < 4.78 is 1.63. The van der Waals surface area contributed by atoms with Crippen LogP contribution in [0.2, 0.25) is 0 Å². The minimum absolute atomic E-state index is 0.544. The number of hydrogen-bond donors (Lipinski definition) is 1. The fourth-order valence-electron chi connectivity index (χ4n) is 4.11. The molecule has 0 aliphatic carbocycles. The number of rotatable bonds is 6. The molecule has 0 fully saturated rings. The Hall–Kier alpha value is -3.31. The predicted octanol–water partition coefficient (Wildman–Crippen LogP) is 4.81. The van der Waals surface area contributed by atoms with E-state index in [1.165, 1.54) is 22.0 Å². The van der Waals surface area contributed by atoms with E-state index in [1.807, 2.05) is 18.3 Å². The van der Waals surface area contributed by atoms with Gasteiger partial charge in [0.1, 0.15) is 0 Å². The van der Waals surface area contributed by atoms with Gasteiger partial charge in [-0.3, -0.25) is 0 Å². The van der Waals surface area contributed by atoms with Gasteiger partial charge < -0.3 is 15.1 Å². The van der Waals surface area contributed by atoms with Crippen LogP contribution in [0.3, 0.4) is 0 Å². The van der Waals surface area contributed by atoms with Gasteiger partial charge in [-0.05, 0) is 73.0 Å². The third-order valence-electron chi connectivity index (χ3n) is 5.60. The summed E-state index contributed by atoms with van der Waals surface area (Å²) in [6.45, 7) is 2.63. The maximum Gasteiger partial charge on any atom is 0.234 e. The van der Waals surface area contributed by atoms with Crippen molar-refractivity contribution in [1.82, 2.24) is 4.48 Å². The smallest absolute Gasteiger partial charge is 0.234 e. The summed E-state index contributed by atoms with van der Waals surface area (Å²) >= 11 is 0. The van der Waals surface area contributed by atoms with Crippen molar-refractivity contribution in [2.45, 2.75) is 13.3 Å². The standard InChI is InChI=1S/C26H27BN4/c1-18-17-20(29-26(18)23(14-15-28)25-9-6-16-31(25)27)12-10-19-11-13-24(30(2)3)22-8-5-4-7-21(19)22/h4-13,16-17H,14-15,28H2,1-3H3. The topological polar surface area (TPSA) is 46.6 Å². The average molecular weight is 406 g/mol. The van der Waals surface area contributed by atoms with E-state index in [2.05, 4.69) is 80.5 Å². The molecule has 1 aliphatic heterocycles. The molecule has 0 saturated heterocycles. The Morgan fingerprint density at radius 3 is 2.52 bits per heavy atom. The van der Waals surface area contributed by atoms with Gasteiger partial charge in [-0.15, -0.1) is 0 Å². The van der Waals surface area contributed by atoms with Gasteiger partial charge in [-0.1, -0.05) is 36.4 Å². The van der Waals surface area contributed by atoms with E-state index in [0.717, 1.165) is 34.7 Å². The van der Waals surface area contributed by atoms with Crippen LogP contribution in [0.5, 0.6) is 0 Å². The summed E-state index contributed by atoms with van der Waals surface area (Å²) in [6, 6.07) is 16.8. The number of aliphatic imine (C=N–C) groups is 1. The molecule has 5 heteroatoms. The molecular formula is C26H27BN4. The largest absolute Gasteiger partial charge is 0.403 e. The maximum absolute atomic E-state index is 6.10. The highest BCUT2D eigenvalue weighted by Crippen LogP contribution is 2.32. The van der Waals surface area contributed by atoms with Crippen LogP contribution in [0.4, 0.5) is 5.69 Å². The number of allylic oxidation sites excluding steroid dienone is 3. The summed E-state index contributed by atoms with van der Waals surface area (Å²) in [5.74, 6) is 0. The SMILES string of the molecule is [B]n1cccc1C(CCN)=C1N=C(C=Cc2ccc(N(C)C)c3ccccc23)C=C1C. The van der Waals surface area contributed by atoms with Crippen LogP contribution in [-0.2, 0) is 0 Å². The minimum atomic E-state index is 0.544. The predicted molar refractivity (Wildman–Crippen MR) is 135 cm³/mol. The van der Waals surface area contributed by atoms with Gasteiger partial charge in [0.05, 0.1) is 11.4 Å². The summed E-state index contributed by atoms with van der Waals surface area (Å²) in [5, 5.41) is 2.47. The van der Waals surface area contributed by atoms with E-state index in [0.29, 0.717) is 6.54 Å². The molecule has 154 valence electrons. The lowest BCUT2D eigenvalue weighted by molar-refractivity contribution is 0.997. The zero-order valence-corrected chi connectivity index (χ0v) is 18.3. The van der Waals surface area contributed by atoms with Crippen molar-refractivity contribution in [1.29, 1.82) is 0 Å². The van der Waals surface area contributed by atoms with Crippen molar-refractivity contribution in [3.63, 3.8) is 0 Å². The second-order valence-electron chi connectivity index (χ2n) is 7.98. The Morgan fingerprint density at radius 1 is 1.06 bits per heavy atom. The molecule has 2 aromatic carbocycles. The summed E-state index contributed by atoms with van der Waals surface area (Å²) in [6.07, 6.45) is 8.89. The average Bonchev–Trinajstić information content (AvgIpc) is 3.35. The monoisotopic (exact) mass is 406 g/mol. The van der Waals surface area contributed by atoms with Gasteiger partial charge in [-0.2, -0.15) is 0 Å². The van der Waals surface area contributed by atoms with Crippen LogP contribution in [0.1, 0.15) is 24.6 Å². The van der Waals surface area contributed by atoms with Crippen LogP contribution in [-0.4, -0.2) is 38.8 Å². The molecule has 4 nitrogen and oxygen atoms in total. The maximum atomic E-state index is 6.10. The van der Waals surface area contributed by atoms with Crippen molar-refractivity contribution >= 4 is 41.8 Å². The van der Waals surface area contributed by atoms with Gasteiger partial charge in [0, 0.05) is 36.4 Å². The molecule has 4 rings (SSSR count). The first-order chi connectivity index (χ1) is 15.0. The summed E-state index contributed by atoms with van der Waals surface area (Å²) in [5.41, 5.74) is 13.3. The van der Waals surface area contributed by atoms with Gasteiger partial charge in [0.15, 0.2) is 0 Å². The number of benzene rings is 2. The number of hydrogen-bond acceptors (Lipinski definition) is 3. The summed E-state index contributed by atoms with van der Waals surface area (Å²) in [7, 11) is 10.2. The van der Waals surface area contributed by atoms with Crippen molar-refractivity contribution in [2.75, 3.05) is 25.5 Å². The number of nitrogens with two attached hydrogens (primary N) is 1. The lowest BCUT2D eigenvalue weighted by Crippen LogP contribution is -2.09. The summed E-state index contributed by atoms with van der Waals surface area (Å²) in [4.78, 5) is 7.06. The first-order valence-corrected chi connectivity index (χ1v) is 10.5. The van der Waals surface area contributed by atoms with E-state index in [4.69, 9.17) is 18.7 Å². The first kappa shape index (κ1) is 20.9. The fraction of sp³-hybridized carbons (Fsp3) is 0.192. The van der Waals surface area contributed by atoms with E-state index >= 15 is 0 Å². The molecule has 0 saturated carbocycles. The van der Waals surface area contributed by atoms with E-state index in [1.54, 1.807) is 4.48 Å². The van der Waals surface area contributed by atoms with Crippen molar-refractivity contribution in [2.24, 2.45) is 10.7 Å². The van der Waals surface area contributed by atoms with Gasteiger partial charge in [-0.25, -0.2) is 4.99 Å². The van der Waals surface area contributed by atoms with Crippen LogP contribution in [0.15, 0.2) is 83.1 Å². The Balaban J connectivity index is 1.73. The molecule has 0 amide bonds. The number of nitrogens with zero attached hydrogens (tertiary/aromatic N) is 3. The molecule has 2 radical (unpaired) electrons. The third kappa shape index (κ3) is 4.14. The van der Waals surface area contributed by atoms with Crippen LogP contribution >= 0.6 is 0 Å². The Labute approximate surface area is 185 Å². The normalized spacial score (nSPS) is 15.5. The lowest BCUT2D eigenvalue weighted by Gasteiger charge is -2.16. The first-order valence-electron chi connectivity index (χ1n) is 10.5. The van der Waals surface area contributed by atoms with Crippen molar-refractivity contribution in [3.05, 3.63) is 89.4 Å². The quantitative estimate of drug-likeness (QED) is 0.597. The van der Waals surface area contributed by atoms with E-state index in [-0.39, 0.29) is 0 Å². The Bertz CT molecular complexity index is 1240. The Kier molecular flexibility index (Phi) is 5.96. The second-order valence-corrected chi connectivity index (χ2v) is 7.98. The molecule has 2 heterocycles.